The fourth-order valence-corrected chi connectivity index (χ4v) is 2.78. The van der Waals surface area contributed by atoms with Crippen molar-refractivity contribution in [3.63, 3.8) is 0 Å². The molecule has 2 amide bonds. The van der Waals surface area contributed by atoms with Gasteiger partial charge in [0.2, 0.25) is 0 Å². The van der Waals surface area contributed by atoms with Crippen LogP contribution in [0.3, 0.4) is 0 Å². The zero-order chi connectivity index (χ0) is 15.3. The number of hydrogen-bond acceptors (Lipinski definition) is 2. The minimum Gasteiger partial charge on any atom is -0.481 e. The molecule has 20 heavy (non-hydrogen) atoms. The summed E-state index contributed by atoms with van der Waals surface area (Å²) in [6, 6.07) is -0.189. The van der Waals surface area contributed by atoms with Gasteiger partial charge in [-0.15, -0.1) is 0 Å². The molecule has 0 saturated carbocycles. The van der Waals surface area contributed by atoms with Crippen molar-refractivity contribution >= 4 is 12.0 Å². The van der Waals surface area contributed by atoms with Crippen molar-refractivity contribution in [2.75, 3.05) is 6.54 Å². The Labute approximate surface area is 121 Å². The van der Waals surface area contributed by atoms with Crippen LogP contribution in [0.2, 0.25) is 0 Å². The third-order valence-electron chi connectivity index (χ3n) is 3.67. The maximum atomic E-state index is 12.3. The summed E-state index contributed by atoms with van der Waals surface area (Å²) < 4.78 is 0. The highest BCUT2D eigenvalue weighted by atomic mass is 16.4. The second-order valence-electron chi connectivity index (χ2n) is 7.05. The number of rotatable bonds is 4. The van der Waals surface area contributed by atoms with E-state index in [4.69, 9.17) is 5.11 Å². The van der Waals surface area contributed by atoms with Gasteiger partial charge in [-0.3, -0.25) is 4.79 Å². The van der Waals surface area contributed by atoms with E-state index in [0.717, 1.165) is 25.8 Å². The van der Waals surface area contributed by atoms with Gasteiger partial charge >= 0.3 is 12.0 Å². The third kappa shape index (κ3) is 5.80. The van der Waals surface area contributed by atoms with E-state index in [2.05, 4.69) is 33.0 Å². The van der Waals surface area contributed by atoms with Crippen molar-refractivity contribution < 1.29 is 14.7 Å². The molecule has 1 saturated heterocycles. The highest BCUT2D eigenvalue weighted by molar-refractivity contribution is 5.76. The van der Waals surface area contributed by atoms with Crippen LogP contribution in [0.1, 0.15) is 59.8 Å². The van der Waals surface area contributed by atoms with Crippen molar-refractivity contribution in [3.8, 4) is 0 Å². The fraction of sp³-hybridized carbons (Fsp3) is 0.867. The highest BCUT2D eigenvalue weighted by Crippen LogP contribution is 2.23. The van der Waals surface area contributed by atoms with Gasteiger partial charge in [0.15, 0.2) is 0 Å². The maximum Gasteiger partial charge on any atom is 0.317 e. The van der Waals surface area contributed by atoms with E-state index in [9.17, 15) is 9.59 Å². The normalized spacial score (nSPS) is 21.4. The zero-order valence-electron chi connectivity index (χ0n) is 13.1. The van der Waals surface area contributed by atoms with Crippen LogP contribution in [0.5, 0.6) is 0 Å². The van der Waals surface area contributed by atoms with E-state index in [-0.39, 0.29) is 30.0 Å². The first kappa shape index (κ1) is 16.8. The SMILES string of the molecule is CC1CCCCN1C(=O)NC(CC(=O)O)CC(C)(C)C. The van der Waals surface area contributed by atoms with E-state index in [1.165, 1.54) is 0 Å². The second kappa shape index (κ2) is 6.95. The van der Waals surface area contributed by atoms with E-state index in [1.54, 1.807) is 0 Å². The molecule has 1 heterocycles. The summed E-state index contributed by atoms with van der Waals surface area (Å²) >= 11 is 0. The van der Waals surface area contributed by atoms with Crippen LogP contribution in [-0.4, -0.2) is 40.6 Å². The topological polar surface area (TPSA) is 69.6 Å². The van der Waals surface area contributed by atoms with Crippen molar-refractivity contribution in [1.29, 1.82) is 0 Å². The number of carbonyl (C=O) groups excluding carboxylic acids is 1. The second-order valence-corrected chi connectivity index (χ2v) is 7.05. The van der Waals surface area contributed by atoms with Crippen LogP contribution >= 0.6 is 0 Å². The lowest BCUT2D eigenvalue weighted by molar-refractivity contribution is -0.137. The molecule has 2 unspecified atom stereocenters. The van der Waals surface area contributed by atoms with Crippen LogP contribution in [-0.2, 0) is 4.79 Å². The number of carboxylic acids is 1. The lowest BCUT2D eigenvalue weighted by atomic mass is 9.87. The average Bonchev–Trinajstić information content (AvgIpc) is 2.25. The first-order chi connectivity index (χ1) is 9.19. The molecule has 0 bridgehead atoms. The average molecular weight is 284 g/mol. The summed E-state index contributed by atoms with van der Waals surface area (Å²) in [6.45, 7) is 8.98. The van der Waals surface area contributed by atoms with Crippen LogP contribution in [0.25, 0.3) is 0 Å². The Morgan fingerprint density at radius 1 is 1.35 bits per heavy atom. The molecule has 1 rings (SSSR count). The maximum absolute atomic E-state index is 12.3. The van der Waals surface area contributed by atoms with E-state index < -0.39 is 5.97 Å². The Hall–Kier alpha value is -1.26. The molecular weight excluding hydrogens is 256 g/mol. The van der Waals surface area contributed by atoms with Crippen LogP contribution in [0, 0.1) is 5.41 Å². The van der Waals surface area contributed by atoms with Gasteiger partial charge < -0.3 is 15.3 Å². The van der Waals surface area contributed by atoms with Crippen LogP contribution in [0.15, 0.2) is 0 Å². The summed E-state index contributed by atoms with van der Waals surface area (Å²) in [7, 11) is 0. The Kier molecular flexibility index (Phi) is 5.84. The summed E-state index contributed by atoms with van der Waals surface area (Å²) in [5, 5.41) is 11.9. The monoisotopic (exact) mass is 284 g/mol. The van der Waals surface area contributed by atoms with Gasteiger partial charge in [0.05, 0.1) is 6.42 Å². The number of nitrogens with zero attached hydrogens (tertiary/aromatic N) is 1. The van der Waals surface area contributed by atoms with Gasteiger partial charge in [-0.1, -0.05) is 20.8 Å². The highest BCUT2D eigenvalue weighted by Gasteiger charge is 2.27. The number of aliphatic carboxylic acids is 1. The van der Waals surface area contributed by atoms with Crippen LogP contribution in [0.4, 0.5) is 4.79 Å². The molecule has 2 N–H and O–H groups in total. The first-order valence-corrected chi connectivity index (χ1v) is 7.48. The number of nitrogens with one attached hydrogen (secondary N) is 1. The van der Waals surface area contributed by atoms with Gasteiger partial charge in [-0.05, 0) is 38.0 Å². The molecule has 5 heteroatoms. The third-order valence-corrected chi connectivity index (χ3v) is 3.67. The largest absolute Gasteiger partial charge is 0.481 e. The van der Waals surface area contributed by atoms with Gasteiger partial charge in [-0.2, -0.15) is 0 Å². The number of carboxylic acid groups (broad SMARTS) is 1. The number of carbonyl (C=O) groups is 2. The predicted molar refractivity (Wildman–Crippen MR) is 78.7 cm³/mol. The molecule has 1 fully saturated rings. The van der Waals surface area contributed by atoms with Gasteiger partial charge in [0.1, 0.15) is 0 Å². The molecule has 0 aliphatic carbocycles. The Morgan fingerprint density at radius 2 is 2.00 bits per heavy atom. The van der Waals surface area contributed by atoms with E-state index >= 15 is 0 Å². The first-order valence-electron chi connectivity index (χ1n) is 7.48. The number of piperidine rings is 1. The quantitative estimate of drug-likeness (QED) is 0.834. The number of amides is 2. The summed E-state index contributed by atoms with van der Waals surface area (Å²) in [4.78, 5) is 25.1. The number of likely N-dealkylation sites (tertiary alicyclic amines) is 1. The van der Waals surface area contributed by atoms with E-state index in [0.29, 0.717) is 6.42 Å². The lowest BCUT2D eigenvalue weighted by Crippen LogP contribution is -2.51. The Balaban J connectivity index is 2.63. The predicted octanol–water partition coefficient (Wildman–Crippen LogP) is 2.85. The van der Waals surface area contributed by atoms with Crippen molar-refractivity contribution in [2.45, 2.75) is 71.9 Å². The summed E-state index contributed by atoms with van der Waals surface area (Å²) in [5.74, 6) is -0.869. The molecule has 0 aromatic rings. The van der Waals surface area contributed by atoms with Crippen molar-refractivity contribution in [1.82, 2.24) is 10.2 Å². The number of hydrogen-bond donors (Lipinski definition) is 2. The van der Waals surface area contributed by atoms with Crippen LogP contribution < -0.4 is 5.32 Å². The Bertz CT molecular complexity index is 350. The summed E-state index contributed by atoms with van der Waals surface area (Å²) in [5.41, 5.74) is -0.0130. The van der Waals surface area contributed by atoms with Crippen molar-refractivity contribution in [3.05, 3.63) is 0 Å². The summed E-state index contributed by atoms with van der Waals surface area (Å²) in [6.07, 6.45) is 3.85. The smallest absolute Gasteiger partial charge is 0.317 e. The Morgan fingerprint density at radius 3 is 2.50 bits per heavy atom. The van der Waals surface area contributed by atoms with Crippen molar-refractivity contribution in [2.24, 2.45) is 5.41 Å². The molecule has 2 atom stereocenters. The molecule has 0 radical (unpaired) electrons. The van der Waals surface area contributed by atoms with Gasteiger partial charge in [0.25, 0.3) is 0 Å². The molecule has 0 aromatic heterocycles. The standard InChI is InChI=1S/C15H28N2O3/c1-11-7-5-6-8-17(11)14(20)16-12(9-13(18)19)10-15(2,3)4/h11-12H,5-10H2,1-4H3,(H,16,20)(H,18,19). The molecule has 0 spiro atoms. The molecule has 1 aliphatic rings. The van der Waals surface area contributed by atoms with Gasteiger partial charge in [-0.25, -0.2) is 4.79 Å². The molecule has 116 valence electrons. The van der Waals surface area contributed by atoms with Gasteiger partial charge in [0, 0.05) is 18.6 Å². The fourth-order valence-electron chi connectivity index (χ4n) is 2.78. The lowest BCUT2D eigenvalue weighted by Gasteiger charge is -2.35. The molecule has 1 aliphatic heterocycles. The zero-order valence-corrected chi connectivity index (χ0v) is 13.1. The molecule has 5 nitrogen and oxygen atoms in total. The van der Waals surface area contributed by atoms with E-state index in [1.807, 2.05) is 4.90 Å². The minimum absolute atomic E-state index is 0.0130. The molecule has 0 aromatic carbocycles. The molecular formula is C15H28N2O3. The number of urea groups is 1. The minimum atomic E-state index is -0.869.